The minimum atomic E-state index is -0.420. The highest BCUT2D eigenvalue weighted by Gasteiger charge is 2.15. The normalized spacial score (nSPS) is 17.8. The molecule has 1 atom stereocenters. The first-order chi connectivity index (χ1) is 12.1. The van der Waals surface area contributed by atoms with E-state index in [2.05, 4.69) is 27.2 Å². The van der Waals surface area contributed by atoms with Gasteiger partial charge >= 0.3 is 12.0 Å². The highest BCUT2D eigenvalue weighted by atomic mass is 16.5. The first kappa shape index (κ1) is 19.2. The quantitative estimate of drug-likeness (QED) is 0.587. The molecule has 0 aromatic heterocycles. The average molecular weight is 347 g/mol. The molecule has 0 spiro atoms. The highest BCUT2D eigenvalue weighted by molar-refractivity contribution is 5.93. The van der Waals surface area contributed by atoms with Gasteiger partial charge < -0.3 is 20.3 Å². The Labute approximate surface area is 149 Å². The van der Waals surface area contributed by atoms with Crippen molar-refractivity contribution in [2.75, 3.05) is 38.6 Å². The van der Waals surface area contributed by atoms with E-state index in [0.717, 1.165) is 25.3 Å². The number of carbonyl (C=O) groups excluding carboxylic acids is 2. The van der Waals surface area contributed by atoms with Crippen molar-refractivity contribution in [1.82, 2.24) is 10.2 Å². The van der Waals surface area contributed by atoms with Crippen molar-refractivity contribution in [1.29, 1.82) is 0 Å². The predicted molar refractivity (Wildman–Crippen MR) is 98.9 cm³/mol. The van der Waals surface area contributed by atoms with Gasteiger partial charge in [-0.3, -0.25) is 0 Å². The molecule has 0 aliphatic carbocycles. The summed E-state index contributed by atoms with van der Waals surface area (Å²) in [6, 6.07) is 6.44. The van der Waals surface area contributed by atoms with Crippen LogP contribution in [0.4, 0.5) is 10.5 Å². The third kappa shape index (κ3) is 6.74. The van der Waals surface area contributed by atoms with Gasteiger partial charge in [0.2, 0.25) is 0 Å². The Balaban J connectivity index is 1.63. The molecule has 2 amide bonds. The fourth-order valence-corrected chi connectivity index (χ4v) is 3.17. The Morgan fingerprint density at radius 3 is 2.92 bits per heavy atom. The summed E-state index contributed by atoms with van der Waals surface area (Å²) in [4.78, 5) is 25.9. The standard InChI is InChI=1S/C19H29N3O3/c1-15-7-6-12-22(14-15)11-4-3-10-20-19(24)21-17-9-5-8-16(13-17)18(23)25-2/h5,8-9,13,15H,3-4,6-7,10-12,14H2,1-2H3,(H2,20,21,24)/t15-/m1/s1. The summed E-state index contributed by atoms with van der Waals surface area (Å²) in [6.45, 7) is 6.47. The number of likely N-dealkylation sites (tertiary alicyclic amines) is 1. The number of esters is 1. The number of hydrogen-bond acceptors (Lipinski definition) is 4. The molecular weight excluding hydrogens is 318 g/mol. The Morgan fingerprint density at radius 1 is 1.32 bits per heavy atom. The van der Waals surface area contributed by atoms with Crippen molar-refractivity contribution in [3.8, 4) is 0 Å². The number of carbonyl (C=O) groups is 2. The first-order valence-corrected chi connectivity index (χ1v) is 9.04. The van der Waals surface area contributed by atoms with Crippen LogP contribution >= 0.6 is 0 Å². The Hall–Kier alpha value is -2.08. The summed E-state index contributed by atoms with van der Waals surface area (Å²) in [5.74, 6) is 0.384. The number of unbranched alkanes of at least 4 members (excludes halogenated alkanes) is 1. The number of rotatable bonds is 7. The number of nitrogens with zero attached hydrogens (tertiary/aromatic N) is 1. The van der Waals surface area contributed by atoms with Gasteiger partial charge in [0.05, 0.1) is 12.7 Å². The van der Waals surface area contributed by atoms with E-state index in [4.69, 9.17) is 0 Å². The number of hydrogen-bond donors (Lipinski definition) is 2. The molecule has 1 saturated heterocycles. The van der Waals surface area contributed by atoms with E-state index >= 15 is 0 Å². The summed E-state index contributed by atoms with van der Waals surface area (Å²) >= 11 is 0. The van der Waals surface area contributed by atoms with Gasteiger partial charge in [-0.15, -0.1) is 0 Å². The molecule has 2 rings (SSSR count). The van der Waals surface area contributed by atoms with Crippen LogP contribution in [0.15, 0.2) is 24.3 Å². The van der Waals surface area contributed by atoms with Gasteiger partial charge in [-0.05, 0) is 62.9 Å². The number of piperidine rings is 1. The van der Waals surface area contributed by atoms with Crippen LogP contribution in [-0.4, -0.2) is 50.2 Å². The molecule has 1 aliphatic heterocycles. The smallest absolute Gasteiger partial charge is 0.337 e. The van der Waals surface area contributed by atoms with E-state index in [1.807, 2.05) is 0 Å². The van der Waals surface area contributed by atoms with E-state index in [0.29, 0.717) is 17.8 Å². The molecule has 1 heterocycles. The molecule has 6 nitrogen and oxygen atoms in total. The largest absolute Gasteiger partial charge is 0.465 e. The second-order valence-corrected chi connectivity index (χ2v) is 6.71. The molecule has 0 radical (unpaired) electrons. The van der Waals surface area contributed by atoms with Crippen LogP contribution in [0.2, 0.25) is 0 Å². The fourth-order valence-electron chi connectivity index (χ4n) is 3.17. The Bertz CT molecular complexity index is 577. The summed E-state index contributed by atoms with van der Waals surface area (Å²) in [7, 11) is 1.33. The maximum Gasteiger partial charge on any atom is 0.337 e. The molecule has 1 aliphatic rings. The molecule has 138 valence electrons. The zero-order chi connectivity index (χ0) is 18.1. The maximum absolute atomic E-state index is 11.9. The second-order valence-electron chi connectivity index (χ2n) is 6.71. The molecule has 1 aromatic rings. The van der Waals surface area contributed by atoms with Gasteiger partial charge in [-0.1, -0.05) is 13.0 Å². The number of nitrogens with one attached hydrogen (secondary N) is 2. The molecule has 2 N–H and O–H groups in total. The van der Waals surface area contributed by atoms with Crippen molar-refractivity contribution in [2.45, 2.75) is 32.6 Å². The van der Waals surface area contributed by atoms with Crippen molar-refractivity contribution < 1.29 is 14.3 Å². The molecular formula is C19H29N3O3. The predicted octanol–water partition coefficient (Wildman–Crippen LogP) is 3.11. The van der Waals surface area contributed by atoms with E-state index in [1.54, 1.807) is 24.3 Å². The van der Waals surface area contributed by atoms with Crippen LogP contribution in [0.25, 0.3) is 0 Å². The number of methoxy groups -OCH3 is 1. The summed E-state index contributed by atoms with van der Waals surface area (Å²) in [6.07, 6.45) is 4.69. The summed E-state index contributed by atoms with van der Waals surface area (Å²) < 4.78 is 4.67. The Morgan fingerprint density at radius 2 is 2.16 bits per heavy atom. The van der Waals surface area contributed by atoms with Crippen molar-refractivity contribution in [3.05, 3.63) is 29.8 Å². The minimum absolute atomic E-state index is 0.256. The zero-order valence-corrected chi connectivity index (χ0v) is 15.2. The van der Waals surface area contributed by atoms with Gasteiger partial charge in [0.1, 0.15) is 0 Å². The number of ether oxygens (including phenoxy) is 1. The van der Waals surface area contributed by atoms with Crippen LogP contribution < -0.4 is 10.6 Å². The lowest BCUT2D eigenvalue weighted by molar-refractivity contribution is 0.0600. The van der Waals surface area contributed by atoms with E-state index < -0.39 is 5.97 Å². The molecule has 0 saturated carbocycles. The summed E-state index contributed by atoms with van der Waals surface area (Å²) in [5.41, 5.74) is 0.985. The number of anilines is 1. The molecule has 1 fully saturated rings. The van der Waals surface area contributed by atoms with Crippen molar-refractivity contribution in [2.24, 2.45) is 5.92 Å². The van der Waals surface area contributed by atoms with Crippen molar-refractivity contribution >= 4 is 17.7 Å². The van der Waals surface area contributed by atoms with Gasteiger partial charge in [-0.25, -0.2) is 9.59 Å². The summed E-state index contributed by atoms with van der Waals surface area (Å²) in [5, 5.41) is 5.59. The van der Waals surface area contributed by atoms with Crippen LogP contribution in [0.5, 0.6) is 0 Å². The van der Waals surface area contributed by atoms with Gasteiger partial charge in [-0.2, -0.15) is 0 Å². The molecule has 25 heavy (non-hydrogen) atoms. The molecule has 1 aromatic carbocycles. The third-order valence-corrected chi connectivity index (χ3v) is 4.47. The highest BCUT2D eigenvalue weighted by Crippen LogP contribution is 2.15. The third-order valence-electron chi connectivity index (χ3n) is 4.47. The minimum Gasteiger partial charge on any atom is -0.465 e. The number of amides is 2. The second kappa shape index (κ2) is 10.0. The molecule has 0 unspecified atom stereocenters. The van der Waals surface area contributed by atoms with Gasteiger partial charge in [0, 0.05) is 18.8 Å². The van der Waals surface area contributed by atoms with Crippen LogP contribution in [0.1, 0.15) is 43.0 Å². The molecule has 0 bridgehead atoms. The average Bonchev–Trinajstić information content (AvgIpc) is 2.61. The van der Waals surface area contributed by atoms with Gasteiger partial charge in [0.25, 0.3) is 0 Å². The first-order valence-electron chi connectivity index (χ1n) is 9.04. The van der Waals surface area contributed by atoms with Crippen LogP contribution in [0.3, 0.4) is 0 Å². The van der Waals surface area contributed by atoms with Crippen LogP contribution in [0, 0.1) is 5.92 Å². The lowest BCUT2D eigenvalue weighted by Gasteiger charge is -2.30. The topological polar surface area (TPSA) is 70.7 Å². The lowest BCUT2D eigenvalue weighted by atomic mass is 10.0. The van der Waals surface area contributed by atoms with Gasteiger partial charge in [0.15, 0.2) is 0 Å². The fraction of sp³-hybridized carbons (Fsp3) is 0.579. The lowest BCUT2D eigenvalue weighted by Crippen LogP contribution is -2.35. The van der Waals surface area contributed by atoms with E-state index in [1.165, 1.54) is 33.0 Å². The van der Waals surface area contributed by atoms with Crippen LogP contribution in [-0.2, 0) is 4.74 Å². The number of benzene rings is 1. The van der Waals surface area contributed by atoms with Crippen molar-refractivity contribution in [3.63, 3.8) is 0 Å². The monoisotopic (exact) mass is 347 g/mol. The number of urea groups is 1. The SMILES string of the molecule is COC(=O)c1cccc(NC(=O)NCCCCN2CCC[C@@H](C)C2)c1. The zero-order valence-electron chi connectivity index (χ0n) is 15.2. The maximum atomic E-state index is 11.9. The van der Waals surface area contributed by atoms with E-state index in [9.17, 15) is 9.59 Å². The molecule has 6 heteroatoms. The Kier molecular flexibility index (Phi) is 7.73. The van der Waals surface area contributed by atoms with E-state index in [-0.39, 0.29) is 6.03 Å².